The minimum absolute atomic E-state index is 0.251. The summed E-state index contributed by atoms with van der Waals surface area (Å²) in [5.74, 6) is -0.326. The van der Waals surface area contributed by atoms with Crippen LogP contribution in [0.3, 0.4) is 0 Å². The van der Waals surface area contributed by atoms with Gasteiger partial charge in [0.15, 0.2) is 5.69 Å². The van der Waals surface area contributed by atoms with Crippen LogP contribution in [0.5, 0.6) is 0 Å². The molecular weight excluding hydrogens is 290 g/mol. The fourth-order valence-corrected chi connectivity index (χ4v) is 2.95. The van der Waals surface area contributed by atoms with Crippen LogP contribution in [0.1, 0.15) is 48.2 Å². The summed E-state index contributed by atoms with van der Waals surface area (Å²) in [6.45, 7) is 0.560. The summed E-state index contributed by atoms with van der Waals surface area (Å²) in [5.41, 5.74) is 0.588. The highest BCUT2D eigenvalue weighted by molar-refractivity contribution is 5.92. The number of nitrogens with one attached hydrogen (secondary N) is 1. The molecule has 0 unspecified atom stereocenters. The number of amides is 1. The summed E-state index contributed by atoms with van der Waals surface area (Å²) in [5, 5.41) is 20.2. The molecule has 0 bridgehead atoms. The predicted octanol–water partition coefficient (Wildman–Crippen LogP) is 2.28. The van der Waals surface area contributed by atoms with Crippen molar-refractivity contribution in [3.05, 3.63) is 47.8 Å². The normalized spacial score (nSPS) is 16.5. The first-order valence-electron chi connectivity index (χ1n) is 7.89. The van der Waals surface area contributed by atoms with Gasteiger partial charge in [0, 0.05) is 0 Å². The second-order valence-electron chi connectivity index (χ2n) is 6.00. The van der Waals surface area contributed by atoms with Crippen LogP contribution in [0.4, 0.5) is 0 Å². The number of nitriles is 1. The third-order valence-corrected chi connectivity index (χ3v) is 4.23. The molecular formula is C17H19N5O. The second-order valence-corrected chi connectivity index (χ2v) is 6.00. The van der Waals surface area contributed by atoms with Crippen molar-refractivity contribution in [1.29, 1.82) is 5.26 Å². The Morgan fingerprint density at radius 2 is 2.00 bits per heavy atom. The number of carbonyl (C=O) groups excluding carboxylic acids is 1. The van der Waals surface area contributed by atoms with Crippen LogP contribution in [0.25, 0.3) is 0 Å². The number of aromatic nitrogens is 3. The van der Waals surface area contributed by atoms with Crippen molar-refractivity contribution in [2.24, 2.45) is 0 Å². The van der Waals surface area contributed by atoms with Crippen LogP contribution < -0.4 is 5.32 Å². The zero-order valence-electron chi connectivity index (χ0n) is 12.9. The zero-order chi connectivity index (χ0) is 16.1. The summed E-state index contributed by atoms with van der Waals surface area (Å²) in [4.78, 5) is 12.4. The van der Waals surface area contributed by atoms with E-state index in [-0.39, 0.29) is 11.6 Å². The third-order valence-electron chi connectivity index (χ3n) is 4.23. The van der Waals surface area contributed by atoms with Gasteiger partial charge in [0.1, 0.15) is 5.54 Å². The Morgan fingerprint density at radius 3 is 2.70 bits per heavy atom. The number of nitrogens with zero attached hydrogens (tertiary/aromatic N) is 4. The van der Waals surface area contributed by atoms with E-state index in [0.717, 1.165) is 24.8 Å². The molecule has 1 fully saturated rings. The van der Waals surface area contributed by atoms with E-state index in [4.69, 9.17) is 0 Å². The number of carbonyl (C=O) groups is 1. The lowest BCUT2D eigenvalue weighted by Gasteiger charge is -2.31. The molecule has 6 heteroatoms. The highest BCUT2D eigenvalue weighted by Gasteiger charge is 2.34. The van der Waals surface area contributed by atoms with Crippen molar-refractivity contribution in [3.63, 3.8) is 0 Å². The van der Waals surface area contributed by atoms with E-state index >= 15 is 0 Å². The van der Waals surface area contributed by atoms with Gasteiger partial charge in [0.05, 0.1) is 18.8 Å². The van der Waals surface area contributed by atoms with Gasteiger partial charge in [0.2, 0.25) is 0 Å². The lowest BCUT2D eigenvalue weighted by atomic mass is 9.83. The topological polar surface area (TPSA) is 83.6 Å². The maximum Gasteiger partial charge on any atom is 0.274 e. The first kappa shape index (κ1) is 15.2. The molecule has 1 N–H and O–H groups in total. The van der Waals surface area contributed by atoms with E-state index in [1.165, 1.54) is 0 Å². The average molecular weight is 309 g/mol. The smallest absolute Gasteiger partial charge is 0.274 e. The van der Waals surface area contributed by atoms with Crippen molar-refractivity contribution in [2.75, 3.05) is 0 Å². The molecule has 0 aliphatic heterocycles. The molecule has 0 saturated heterocycles. The number of hydrogen-bond donors (Lipinski definition) is 1. The number of hydrogen-bond acceptors (Lipinski definition) is 4. The van der Waals surface area contributed by atoms with E-state index in [9.17, 15) is 10.1 Å². The molecule has 118 valence electrons. The van der Waals surface area contributed by atoms with Gasteiger partial charge >= 0.3 is 0 Å². The molecule has 1 aliphatic carbocycles. The Morgan fingerprint density at radius 1 is 1.26 bits per heavy atom. The first-order chi connectivity index (χ1) is 11.2. The van der Waals surface area contributed by atoms with Crippen molar-refractivity contribution in [1.82, 2.24) is 20.3 Å². The summed E-state index contributed by atoms with van der Waals surface area (Å²) in [6, 6.07) is 12.1. The molecule has 1 amide bonds. The van der Waals surface area contributed by atoms with Gasteiger partial charge in [-0.3, -0.25) is 4.79 Å². The standard InChI is InChI=1S/C17H19N5O/c18-13-17(9-5-2-6-10-17)19-16(23)15-12-22(21-20-15)11-14-7-3-1-4-8-14/h1,3-4,7-8,12H,2,5-6,9-11H2,(H,19,23). The molecule has 1 aromatic heterocycles. The van der Waals surface area contributed by atoms with Crippen molar-refractivity contribution in [2.45, 2.75) is 44.2 Å². The summed E-state index contributed by atoms with van der Waals surface area (Å²) < 4.78 is 1.63. The highest BCUT2D eigenvalue weighted by atomic mass is 16.2. The fraction of sp³-hybridized carbons (Fsp3) is 0.412. The van der Waals surface area contributed by atoms with Gasteiger partial charge in [-0.2, -0.15) is 5.26 Å². The Kier molecular flexibility index (Phi) is 4.38. The zero-order valence-corrected chi connectivity index (χ0v) is 12.9. The minimum Gasteiger partial charge on any atom is -0.332 e. The minimum atomic E-state index is -0.751. The van der Waals surface area contributed by atoms with Crippen molar-refractivity contribution < 1.29 is 4.79 Å². The van der Waals surface area contributed by atoms with Gasteiger partial charge in [-0.25, -0.2) is 4.68 Å². The summed E-state index contributed by atoms with van der Waals surface area (Å²) >= 11 is 0. The van der Waals surface area contributed by atoms with Gasteiger partial charge in [-0.05, 0) is 18.4 Å². The fourth-order valence-electron chi connectivity index (χ4n) is 2.95. The van der Waals surface area contributed by atoms with Gasteiger partial charge in [0.25, 0.3) is 5.91 Å². The van der Waals surface area contributed by atoms with E-state index in [0.29, 0.717) is 19.4 Å². The molecule has 0 radical (unpaired) electrons. The molecule has 23 heavy (non-hydrogen) atoms. The molecule has 1 aromatic carbocycles. The Balaban J connectivity index is 1.67. The predicted molar refractivity (Wildman–Crippen MR) is 84.5 cm³/mol. The number of benzene rings is 1. The third kappa shape index (κ3) is 3.57. The largest absolute Gasteiger partial charge is 0.332 e. The lowest BCUT2D eigenvalue weighted by Crippen LogP contribution is -2.48. The molecule has 1 saturated carbocycles. The lowest BCUT2D eigenvalue weighted by molar-refractivity contribution is 0.0897. The van der Waals surface area contributed by atoms with Crippen LogP contribution in [0.2, 0.25) is 0 Å². The molecule has 0 spiro atoms. The Labute approximate surface area is 135 Å². The van der Waals surface area contributed by atoms with Crippen molar-refractivity contribution >= 4 is 5.91 Å². The first-order valence-corrected chi connectivity index (χ1v) is 7.89. The molecule has 2 aromatic rings. The molecule has 3 rings (SSSR count). The van der Waals surface area contributed by atoms with Crippen LogP contribution >= 0.6 is 0 Å². The summed E-state index contributed by atoms with van der Waals surface area (Å²) in [7, 11) is 0. The summed E-state index contributed by atoms with van der Waals surface area (Å²) in [6.07, 6.45) is 6.08. The molecule has 0 atom stereocenters. The van der Waals surface area contributed by atoms with E-state index in [1.807, 2.05) is 30.3 Å². The monoisotopic (exact) mass is 309 g/mol. The van der Waals surface area contributed by atoms with Crippen molar-refractivity contribution in [3.8, 4) is 6.07 Å². The van der Waals surface area contributed by atoms with Gasteiger partial charge < -0.3 is 5.32 Å². The van der Waals surface area contributed by atoms with Crippen LogP contribution in [0.15, 0.2) is 36.5 Å². The molecule has 1 aliphatic rings. The SMILES string of the molecule is N#CC1(NC(=O)c2cn(Cc3ccccc3)nn2)CCCCC1. The van der Waals surface area contributed by atoms with Gasteiger partial charge in [-0.1, -0.05) is 54.8 Å². The number of rotatable bonds is 4. The van der Waals surface area contributed by atoms with Crippen LogP contribution in [-0.4, -0.2) is 26.4 Å². The van der Waals surface area contributed by atoms with E-state index in [1.54, 1.807) is 10.9 Å². The Bertz CT molecular complexity index is 710. The van der Waals surface area contributed by atoms with E-state index in [2.05, 4.69) is 21.7 Å². The van der Waals surface area contributed by atoms with Crippen LogP contribution in [0, 0.1) is 11.3 Å². The second kappa shape index (κ2) is 6.61. The Hall–Kier alpha value is -2.68. The van der Waals surface area contributed by atoms with Gasteiger partial charge in [-0.15, -0.1) is 5.10 Å². The molecule has 1 heterocycles. The van der Waals surface area contributed by atoms with Crippen LogP contribution in [-0.2, 0) is 6.54 Å². The highest BCUT2D eigenvalue weighted by Crippen LogP contribution is 2.27. The van der Waals surface area contributed by atoms with E-state index < -0.39 is 5.54 Å². The quantitative estimate of drug-likeness (QED) is 0.939. The maximum absolute atomic E-state index is 12.4. The molecule has 6 nitrogen and oxygen atoms in total. The average Bonchev–Trinajstić information content (AvgIpc) is 3.05. The maximum atomic E-state index is 12.4.